The number of hydrogen-bond donors (Lipinski definition) is 2. The molecular formula is C14H23NO5S2. The standard InChI is InChI=1S/C14H23NO5S2/c1-14(2,3)13(9-16)15-11-7-6-10(21(4,17)18)8-12(11)22(5,19)20/h6-8,13,15-16H,9H2,1-5H3/t13-/m0/s1. The van der Waals surface area contributed by atoms with Gasteiger partial charge in [0.15, 0.2) is 19.7 Å². The molecule has 0 spiro atoms. The third kappa shape index (κ3) is 4.69. The highest BCUT2D eigenvalue weighted by Gasteiger charge is 2.26. The molecule has 1 aromatic carbocycles. The summed E-state index contributed by atoms with van der Waals surface area (Å²) in [6.45, 7) is 5.55. The Morgan fingerprint density at radius 1 is 1.09 bits per heavy atom. The fraction of sp³-hybridized carbons (Fsp3) is 0.571. The number of anilines is 1. The van der Waals surface area contributed by atoms with Gasteiger partial charge in [0, 0.05) is 12.5 Å². The van der Waals surface area contributed by atoms with Crippen LogP contribution in [0.4, 0.5) is 5.69 Å². The maximum Gasteiger partial charge on any atom is 0.177 e. The molecule has 0 heterocycles. The Labute approximate surface area is 132 Å². The number of aliphatic hydroxyl groups excluding tert-OH is 1. The molecule has 8 heteroatoms. The molecule has 0 saturated heterocycles. The normalized spacial score (nSPS) is 14.6. The monoisotopic (exact) mass is 349 g/mol. The predicted molar refractivity (Wildman–Crippen MR) is 86.6 cm³/mol. The number of hydrogen-bond acceptors (Lipinski definition) is 6. The van der Waals surface area contributed by atoms with E-state index in [1.165, 1.54) is 12.1 Å². The minimum Gasteiger partial charge on any atom is -0.394 e. The molecule has 0 fully saturated rings. The van der Waals surface area contributed by atoms with Gasteiger partial charge in [-0.15, -0.1) is 0 Å². The van der Waals surface area contributed by atoms with E-state index in [9.17, 15) is 21.9 Å². The molecule has 2 N–H and O–H groups in total. The summed E-state index contributed by atoms with van der Waals surface area (Å²) in [4.78, 5) is -0.159. The smallest absolute Gasteiger partial charge is 0.177 e. The van der Waals surface area contributed by atoms with Crippen LogP contribution in [0.3, 0.4) is 0 Å². The minimum absolute atomic E-state index is 0.0604. The van der Waals surface area contributed by atoms with Crippen molar-refractivity contribution in [3.05, 3.63) is 18.2 Å². The van der Waals surface area contributed by atoms with Gasteiger partial charge in [0.2, 0.25) is 0 Å². The Morgan fingerprint density at radius 3 is 2.00 bits per heavy atom. The molecule has 0 aliphatic carbocycles. The second-order valence-electron chi connectivity index (χ2n) is 6.45. The zero-order valence-corrected chi connectivity index (χ0v) is 15.0. The highest BCUT2D eigenvalue weighted by atomic mass is 32.2. The fourth-order valence-corrected chi connectivity index (χ4v) is 3.47. The Kier molecular flexibility index (Phi) is 5.31. The number of rotatable bonds is 5. The molecule has 0 unspecified atom stereocenters. The second-order valence-corrected chi connectivity index (χ2v) is 10.4. The Morgan fingerprint density at radius 2 is 1.64 bits per heavy atom. The molecule has 6 nitrogen and oxygen atoms in total. The molecule has 0 radical (unpaired) electrons. The van der Waals surface area contributed by atoms with Crippen LogP contribution in [0.1, 0.15) is 20.8 Å². The van der Waals surface area contributed by atoms with E-state index in [4.69, 9.17) is 0 Å². The van der Waals surface area contributed by atoms with Gasteiger partial charge in [-0.2, -0.15) is 0 Å². The van der Waals surface area contributed by atoms with E-state index < -0.39 is 19.7 Å². The van der Waals surface area contributed by atoms with E-state index in [2.05, 4.69) is 5.32 Å². The van der Waals surface area contributed by atoms with Crippen LogP contribution in [-0.2, 0) is 19.7 Å². The number of benzene rings is 1. The molecule has 0 aliphatic heterocycles. The molecule has 126 valence electrons. The van der Waals surface area contributed by atoms with Crippen molar-refractivity contribution in [3.8, 4) is 0 Å². The van der Waals surface area contributed by atoms with Gasteiger partial charge in [-0.1, -0.05) is 20.8 Å². The highest BCUT2D eigenvalue weighted by Crippen LogP contribution is 2.29. The average molecular weight is 349 g/mol. The molecule has 0 aromatic heterocycles. The summed E-state index contributed by atoms with van der Waals surface area (Å²) >= 11 is 0. The highest BCUT2D eigenvalue weighted by molar-refractivity contribution is 7.91. The number of sulfone groups is 2. The lowest BCUT2D eigenvalue weighted by Crippen LogP contribution is -2.37. The van der Waals surface area contributed by atoms with Gasteiger partial charge in [0.25, 0.3) is 0 Å². The van der Waals surface area contributed by atoms with Crippen LogP contribution in [0.5, 0.6) is 0 Å². The first kappa shape index (κ1) is 18.9. The quantitative estimate of drug-likeness (QED) is 0.831. The Bertz CT molecular complexity index is 746. The van der Waals surface area contributed by atoms with Gasteiger partial charge >= 0.3 is 0 Å². The Balaban J connectivity index is 3.44. The first-order chi connectivity index (χ1) is 9.76. The van der Waals surface area contributed by atoms with Crippen LogP contribution in [0, 0.1) is 5.41 Å². The summed E-state index contributed by atoms with van der Waals surface area (Å²) in [5, 5.41) is 12.5. The van der Waals surface area contributed by atoms with Crippen LogP contribution >= 0.6 is 0 Å². The zero-order valence-electron chi connectivity index (χ0n) is 13.4. The predicted octanol–water partition coefficient (Wildman–Crippen LogP) is 1.31. The van der Waals surface area contributed by atoms with Crippen LogP contribution in [0.15, 0.2) is 28.0 Å². The lowest BCUT2D eigenvalue weighted by molar-refractivity contribution is 0.201. The first-order valence-corrected chi connectivity index (χ1v) is 10.5. The maximum absolute atomic E-state index is 12.0. The summed E-state index contributed by atoms with van der Waals surface area (Å²) in [5.41, 5.74) is -0.0252. The maximum atomic E-state index is 12.0. The number of aliphatic hydroxyl groups is 1. The van der Waals surface area contributed by atoms with Gasteiger partial charge < -0.3 is 10.4 Å². The number of nitrogens with one attached hydrogen (secondary N) is 1. The van der Waals surface area contributed by atoms with E-state index in [1.54, 1.807) is 0 Å². The van der Waals surface area contributed by atoms with Gasteiger partial charge in [0.1, 0.15) is 0 Å². The lowest BCUT2D eigenvalue weighted by atomic mass is 9.87. The first-order valence-electron chi connectivity index (χ1n) is 6.68. The third-order valence-electron chi connectivity index (χ3n) is 3.34. The Hall–Kier alpha value is -1.12. The van der Waals surface area contributed by atoms with Crippen LogP contribution in [0.25, 0.3) is 0 Å². The summed E-state index contributed by atoms with van der Waals surface area (Å²) in [6, 6.07) is 3.53. The molecule has 0 bridgehead atoms. The molecular weight excluding hydrogens is 326 g/mol. The van der Waals surface area contributed by atoms with Crippen molar-refractivity contribution in [2.24, 2.45) is 5.41 Å². The van der Waals surface area contributed by atoms with Crippen molar-refractivity contribution in [2.75, 3.05) is 24.4 Å². The lowest BCUT2D eigenvalue weighted by Gasteiger charge is -2.31. The van der Waals surface area contributed by atoms with E-state index in [0.29, 0.717) is 0 Å². The third-order valence-corrected chi connectivity index (χ3v) is 5.59. The fourth-order valence-electron chi connectivity index (χ4n) is 1.88. The van der Waals surface area contributed by atoms with E-state index in [1.807, 2.05) is 20.8 Å². The van der Waals surface area contributed by atoms with Crippen LogP contribution in [0.2, 0.25) is 0 Å². The van der Waals surface area contributed by atoms with Crippen molar-refractivity contribution in [1.82, 2.24) is 0 Å². The molecule has 1 aromatic rings. The van der Waals surface area contributed by atoms with E-state index >= 15 is 0 Å². The van der Waals surface area contributed by atoms with E-state index in [-0.39, 0.29) is 33.5 Å². The largest absolute Gasteiger partial charge is 0.394 e. The van der Waals surface area contributed by atoms with Crippen molar-refractivity contribution < 1.29 is 21.9 Å². The summed E-state index contributed by atoms with van der Waals surface area (Å²) in [6.07, 6.45) is 2.04. The van der Waals surface area contributed by atoms with Crippen LogP contribution in [-0.4, -0.2) is 47.1 Å². The van der Waals surface area contributed by atoms with Gasteiger partial charge in [-0.05, 0) is 23.6 Å². The van der Waals surface area contributed by atoms with Gasteiger partial charge in [-0.3, -0.25) is 0 Å². The SMILES string of the molecule is CC(C)(C)[C@H](CO)Nc1ccc(S(C)(=O)=O)cc1S(C)(=O)=O. The van der Waals surface area contributed by atoms with Crippen LogP contribution < -0.4 is 5.32 Å². The van der Waals surface area contributed by atoms with Crippen molar-refractivity contribution in [3.63, 3.8) is 0 Å². The summed E-state index contributed by atoms with van der Waals surface area (Å²) in [7, 11) is -7.13. The van der Waals surface area contributed by atoms with E-state index in [0.717, 1.165) is 18.6 Å². The molecule has 22 heavy (non-hydrogen) atoms. The van der Waals surface area contributed by atoms with Crippen molar-refractivity contribution in [1.29, 1.82) is 0 Å². The summed E-state index contributed by atoms with van der Waals surface area (Å²) in [5.74, 6) is 0. The topological polar surface area (TPSA) is 101 Å². The molecule has 0 saturated carbocycles. The minimum atomic E-state index is -3.62. The summed E-state index contributed by atoms with van der Waals surface area (Å²) < 4.78 is 47.1. The zero-order chi connectivity index (χ0) is 17.3. The van der Waals surface area contributed by atoms with Gasteiger partial charge in [-0.25, -0.2) is 16.8 Å². The van der Waals surface area contributed by atoms with Crippen molar-refractivity contribution >= 4 is 25.4 Å². The van der Waals surface area contributed by atoms with Crippen molar-refractivity contribution in [2.45, 2.75) is 36.6 Å². The molecule has 0 amide bonds. The van der Waals surface area contributed by atoms with Gasteiger partial charge in [0.05, 0.1) is 28.1 Å². The molecule has 1 rings (SSSR count). The molecule has 0 aliphatic rings. The second kappa shape index (κ2) is 6.17. The molecule has 1 atom stereocenters. The average Bonchev–Trinajstić information content (AvgIpc) is 2.32.